The summed E-state index contributed by atoms with van der Waals surface area (Å²) in [7, 11) is 3.80. The van der Waals surface area contributed by atoms with Crippen molar-refractivity contribution >= 4 is 0 Å². The topological polar surface area (TPSA) is 47.7 Å². The van der Waals surface area contributed by atoms with Crippen LogP contribution in [0.25, 0.3) is 0 Å². The molecule has 1 unspecified atom stereocenters. The van der Waals surface area contributed by atoms with Gasteiger partial charge in [-0.3, -0.25) is 0 Å². The Morgan fingerprint density at radius 1 is 1.44 bits per heavy atom. The Morgan fingerprint density at radius 2 is 2.28 bits per heavy atom. The average Bonchev–Trinajstić information content (AvgIpc) is 2.81. The molecule has 0 saturated carbocycles. The van der Waals surface area contributed by atoms with Crippen molar-refractivity contribution < 1.29 is 9.47 Å². The molecule has 1 heterocycles. The molecule has 1 saturated heterocycles. The minimum atomic E-state index is 0.465. The first-order valence-corrected chi connectivity index (χ1v) is 6.45. The molecule has 0 aromatic heterocycles. The number of likely N-dealkylation sites (tertiary alicyclic amines) is 1. The van der Waals surface area contributed by atoms with Gasteiger partial charge in [-0.15, -0.1) is 0 Å². The maximum Gasteiger partial charge on any atom is 0.165 e. The van der Waals surface area contributed by atoms with Crippen LogP contribution >= 0.6 is 0 Å². The Labute approximate surface area is 109 Å². The molecule has 1 aliphatic rings. The molecular formula is C14H22N2O2. The summed E-state index contributed by atoms with van der Waals surface area (Å²) in [4.78, 5) is 2.34. The van der Waals surface area contributed by atoms with Crippen molar-refractivity contribution in [3.8, 4) is 11.5 Å². The zero-order valence-corrected chi connectivity index (χ0v) is 11.2. The van der Waals surface area contributed by atoms with Crippen LogP contribution in [0.4, 0.5) is 0 Å². The summed E-state index contributed by atoms with van der Waals surface area (Å²) in [5, 5.41) is 0. The highest BCUT2D eigenvalue weighted by molar-refractivity contribution is 5.46. The molecule has 0 spiro atoms. The van der Waals surface area contributed by atoms with E-state index in [0.29, 0.717) is 19.2 Å². The van der Waals surface area contributed by atoms with Crippen molar-refractivity contribution in [2.24, 2.45) is 5.73 Å². The van der Waals surface area contributed by atoms with Gasteiger partial charge in [-0.25, -0.2) is 0 Å². The molecule has 1 aromatic rings. The summed E-state index contributed by atoms with van der Waals surface area (Å²) in [6, 6.07) is 6.33. The Bertz CT molecular complexity index is 373. The predicted molar refractivity (Wildman–Crippen MR) is 72.0 cm³/mol. The van der Waals surface area contributed by atoms with E-state index in [2.05, 4.69) is 11.9 Å². The fourth-order valence-corrected chi connectivity index (χ4v) is 2.42. The highest BCUT2D eigenvalue weighted by atomic mass is 16.5. The third-order valence-electron chi connectivity index (χ3n) is 3.59. The first-order valence-electron chi connectivity index (χ1n) is 6.45. The molecule has 0 aliphatic carbocycles. The van der Waals surface area contributed by atoms with E-state index in [1.165, 1.54) is 12.8 Å². The highest BCUT2D eigenvalue weighted by Crippen LogP contribution is 2.31. The van der Waals surface area contributed by atoms with Gasteiger partial charge in [-0.05, 0) is 32.5 Å². The van der Waals surface area contributed by atoms with Gasteiger partial charge in [0.15, 0.2) is 11.5 Å². The molecule has 4 heteroatoms. The SMILES string of the molecule is COc1cccc(CN)c1OCC1CCCN1C. The van der Waals surface area contributed by atoms with Gasteiger partial charge in [-0.1, -0.05) is 12.1 Å². The standard InChI is InChI=1S/C14H22N2O2/c1-16-8-4-6-12(16)10-18-14-11(9-15)5-3-7-13(14)17-2/h3,5,7,12H,4,6,8-10,15H2,1-2H3. The van der Waals surface area contributed by atoms with Gasteiger partial charge in [0.05, 0.1) is 7.11 Å². The smallest absolute Gasteiger partial charge is 0.165 e. The van der Waals surface area contributed by atoms with Crippen LogP contribution in [0.1, 0.15) is 18.4 Å². The van der Waals surface area contributed by atoms with Crippen LogP contribution in [-0.2, 0) is 6.54 Å². The van der Waals surface area contributed by atoms with Crippen LogP contribution in [0.5, 0.6) is 11.5 Å². The van der Waals surface area contributed by atoms with Gasteiger partial charge >= 0.3 is 0 Å². The minimum absolute atomic E-state index is 0.465. The molecule has 18 heavy (non-hydrogen) atoms. The van der Waals surface area contributed by atoms with E-state index in [9.17, 15) is 0 Å². The van der Waals surface area contributed by atoms with E-state index < -0.39 is 0 Å². The van der Waals surface area contributed by atoms with Crippen molar-refractivity contribution in [2.75, 3.05) is 27.3 Å². The third-order valence-corrected chi connectivity index (χ3v) is 3.59. The third kappa shape index (κ3) is 2.76. The lowest BCUT2D eigenvalue weighted by molar-refractivity contribution is 0.192. The van der Waals surface area contributed by atoms with Crippen LogP contribution in [0.2, 0.25) is 0 Å². The fraction of sp³-hybridized carbons (Fsp3) is 0.571. The summed E-state index contributed by atoms with van der Waals surface area (Å²) in [6.45, 7) is 2.32. The number of nitrogens with zero attached hydrogens (tertiary/aromatic N) is 1. The molecule has 0 amide bonds. The molecule has 2 rings (SSSR count). The normalized spacial score (nSPS) is 20.1. The summed E-state index contributed by atoms with van der Waals surface area (Å²) in [6.07, 6.45) is 2.45. The second-order valence-corrected chi connectivity index (χ2v) is 4.74. The molecule has 1 aliphatic heterocycles. The predicted octanol–water partition coefficient (Wildman–Crippen LogP) is 1.63. The summed E-state index contributed by atoms with van der Waals surface area (Å²) in [5.74, 6) is 1.56. The van der Waals surface area contributed by atoms with Gasteiger partial charge in [0.1, 0.15) is 6.61 Å². The zero-order chi connectivity index (χ0) is 13.0. The summed E-state index contributed by atoms with van der Waals surface area (Å²) in [5.41, 5.74) is 6.73. The Balaban J connectivity index is 2.07. The lowest BCUT2D eigenvalue weighted by Crippen LogP contribution is -2.30. The largest absolute Gasteiger partial charge is 0.493 e. The maximum atomic E-state index is 5.96. The molecule has 1 aromatic carbocycles. The van der Waals surface area contributed by atoms with Crippen molar-refractivity contribution in [3.05, 3.63) is 23.8 Å². The van der Waals surface area contributed by atoms with E-state index in [1.54, 1.807) is 7.11 Å². The second kappa shape index (κ2) is 6.07. The summed E-state index contributed by atoms with van der Waals surface area (Å²) >= 11 is 0. The maximum absolute atomic E-state index is 5.96. The molecule has 1 fully saturated rings. The molecular weight excluding hydrogens is 228 g/mol. The zero-order valence-electron chi connectivity index (χ0n) is 11.2. The molecule has 0 bridgehead atoms. The van der Waals surface area contributed by atoms with Crippen LogP contribution in [0, 0.1) is 0 Å². The van der Waals surface area contributed by atoms with E-state index in [1.807, 2.05) is 18.2 Å². The van der Waals surface area contributed by atoms with Gasteiger partial charge in [0, 0.05) is 18.2 Å². The average molecular weight is 250 g/mol. The first kappa shape index (κ1) is 13.2. The number of ether oxygens (including phenoxy) is 2. The second-order valence-electron chi connectivity index (χ2n) is 4.74. The molecule has 100 valence electrons. The lowest BCUT2D eigenvalue weighted by Gasteiger charge is -2.21. The molecule has 2 N–H and O–H groups in total. The minimum Gasteiger partial charge on any atom is -0.493 e. The van der Waals surface area contributed by atoms with E-state index in [4.69, 9.17) is 15.2 Å². The van der Waals surface area contributed by atoms with E-state index in [-0.39, 0.29) is 0 Å². The number of hydrogen-bond acceptors (Lipinski definition) is 4. The van der Waals surface area contributed by atoms with Crippen LogP contribution in [-0.4, -0.2) is 38.3 Å². The Morgan fingerprint density at radius 3 is 2.89 bits per heavy atom. The van der Waals surface area contributed by atoms with Crippen LogP contribution in [0.3, 0.4) is 0 Å². The van der Waals surface area contributed by atoms with Gasteiger partial charge < -0.3 is 20.1 Å². The van der Waals surface area contributed by atoms with Crippen LogP contribution in [0.15, 0.2) is 18.2 Å². The summed E-state index contributed by atoms with van der Waals surface area (Å²) < 4.78 is 11.3. The molecule has 0 radical (unpaired) electrons. The van der Waals surface area contributed by atoms with Crippen molar-refractivity contribution in [1.29, 1.82) is 0 Å². The number of methoxy groups -OCH3 is 1. The van der Waals surface area contributed by atoms with Gasteiger partial charge in [0.25, 0.3) is 0 Å². The van der Waals surface area contributed by atoms with Crippen LogP contribution < -0.4 is 15.2 Å². The van der Waals surface area contributed by atoms with E-state index in [0.717, 1.165) is 23.6 Å². The van der Waals surface area contributed by atoms with Gasteiger partial charge in [-0.2, -0.15) is 0 Å². The van der Waals surface area contributed by atoms with Gasteiger partial charge in [0.2, 0.25) is 0 Å². The Kier molecular flexibility index (Phi) is 4.44. The number of benzene rings is 1. The number of likely N-dealkylation sites (N-methyl/N-ethyl adjacent to an activating group) is 1. The quantitative estimate of drug-likeness (QED) is 0.863. The highest BCUT2D eigenvalue weighted by Gasteiger charge is 2.22. The Hall–Kier alpha value is -1.26. The number of rotatable bonds is 5. The fourth-order valence-electron chi connectivity index (χ4n) is 2.42. The number of para-hydroxylation sites is 1. The van der Waals surface area contributed by atoms with Crippen molar-refractivity contribution in [3.63, 3.8) is 0 Å². The van der Waals surface area contributed by atoms with Crippen molar-refractivity contribution in [1.82, 2.24) is 4.90 Å². The van der Waals surface area contributed by atoms with Crippen molar-refractivity contribution in [2.45, 2.75) is 25.4 Å². The number of nitrogens with two attached hydrogens (primary N) is 1. The van der Waals surface area contributed by atoms with E-state index >= 15 is 0 Å². The lowest BCUT2D eigenvalue weighted by atomic mass is 10.2. The first-order chi connectivity index (χ1) is 8.76. The number of hydrogen-bond donors (Lipinski definition) is 1. The molecule has 4 nitrogen and oxygen atoms in total. The monoisotopic (exact) mass is 250 g/mol. The molecule has 1 atom stereocenters.